The molecule has 1 aliphatic rings. The van der Waals surface area contributed by atoms with Crippen LogP contribution in [0.15, 0.2) is 79.1 Å². The lowest BCUT2D eigenvalue weighted by atomic mass is 9.70. The zero-order valence-electron chi connectivity index (χ0n) is 19.0. The second-order valence-corrected chi connectivity index (χ2v) is 9.26. The number of aromatic nitrogens is 3. The molecule has 1 saturated heterocycles. The second-order valence-electron chi connectivity index (χ2n) is 8.87. The molecule has 5 rings (SSSR count). The molecule has 0 aliphatic carbocycles. The van der Waals surface area contributed by atoms with Gasteiger partial charge in [-0.2, -0.15) is 5.10 Å². The van der Waals surface area contributed by atoms with E-state index in [1.54, 1.807) is 13.1 Å². The molecule has 172 valence electrons. The Hall–Kier alpha value is -3.58. The van der Waals surface area contributed by atoms with Crippen LogP contribution in [0.1, 0.15) is 36.9 Å². The van der Waals surface area contributed by atoms with Gasteiger partial charge >= 0.3 is 0 Å². The highest BCUT2D eigenvalue weighted by molar-refractivity contribution is 7.71. The van der Waals surface area contributed by atoms with Gasteiger partial charge in [0.05, 0.1) is 22.5 Å². The van der Waals surface area contributed by atoms with E-state index in [-0.39, 0.29) is 11.7 Å². The van der Waals surface area contributed by atoms with Gasteiger partial charge in [0.1, 0.15) is 16.5 Å². The molecule has 2 aromatic carbocycles. The topological polar surface area (TPSA) is 71.0 Å². The van der Waals surface area contributed by atoms with Gasteiger partial charge in [0.15, 0.2) is 0 Å². The van der Waals surface area contributed by atoms with Crippen LogP contribution in [0, 0.1) is 4.64 Å². The van der Waals surface area contributed by atoms with E-state index in [1.165, 1.54) is 0 Å². The van der Waals surface area contributed by atoms with E-state index in [9.17, 15) is 9.59 Å². The molecule has 6 nitrogen and oxygen atoms in total. The maximum absolute atomic E-state index is 14.0. The first-order chi connectivity index (χ1) is 16.5. The van der Waals surface area contributed by atoms with Crippen molar-refractivity contribution < 1.29 is 9.59 Å². The van der Waals surface area contributed by atoms with Crippen molar-refractivity contribution in [2.75, 3.05) is 13.1 Å². The molecular formula is C27H26N4O2S. The number of benzene rings is 2. The van der Waals surface area contributed by atoms with Crippen LogP contribution in [0.5, 0.6) is 0 Å². The summed E-state index contributed by atoms with van der Waals surface area (Å²) in [6.07, 6.45) is 4.76. The van der Waals surface area contributed by atoms with Crippen LogP contribution < -0.4 is 0 Å². The molecule has 1 unspecified atom stereocenters. The molecule has 0 saturated carbocycles. The van der Waals surface area contributed by atoms with Gasteiger partial charge in [-0.25, -0.2) is 0 Å². The molecule has 4 aromatic rings. The molecule has 1 aliphatic heterocycles. The van der Waals surface area contributed by atoms with Crippen molar-refractivity contribution in [3.63, 3.8) is 0 Å². The maximum atomic E-state index is 14.0. The Bertz CT molecular complexity index is 1390. The number of piperidine rings is 1. The number of carbonyl (C=O) groups excluding carboxylic acids is 2. The second kappa shape index (κ2) is 8.99. The zero-order chi connectivity index (χ0) is 23.7. The third-order valence-corrected chi connectivity index (χ3v) is 7.52. The molecule has 1 N–H and O–H groups in total. The van der Waals surface area contributed by atoms with Gasteiger partial charge in [-0.3, -0.25) is 14.7 Å². The van der Waals surface area contributed by atoms with Crippen LogP contribution in [0.4, 0.5) is 0 Å². The Morgan fingerprint density at radius 2 is 1.65 bits per heavy atom. The van der Waals surface area contributed by atoms with Crippen LogP contribution in [0.25, 0.3) is 10.9 Å². The highest BCUT2D eigenvalue weighted by Crippen LogP contribution is 2.37. The Morgan fingerprint density at radius 3 is 2.29 bits per heavy atom. The number of aromatic amines is 1. The fourth-order valence-corrected chi connectivity index (χ4v) is 5.43. The third kappa shape index (κ3) is 3.76. The summed E-state index contributed by atoms with van der Waals surface area (Å²) in [6, 6.07) is 21.0. The minimum absolute atomic E-state index is 0.0182. The highest BCUT2D eigenvalue weighted by Gasteiger charge is 2.42. The van der Waals surface area contributed by atoms with Crippen molar-refractivity contribution in [3.8, 4) is 0 Å². The lowest BCUT2D eigenvalue weighted by molar-refractivity contribution is -0.137. The fourth-order valence-electron chi connectivity index (χ4n) is 5.10. The van der Waals surface area contributed by atoms with E-state index in [0.29, 0.717) is 30.6 Å². The van der Waals surface area contributed by atoms with Crippen molar-refractivity contribution in [3.05, 3.63) is 94.9 Å². The molecule has 7 heteroatoms. The number of nitrogens with one attached hydrogen (secondary N) is 1. The number of likely N-dealkylation sites (tertiary alicyclic amines) is 1. The molecular weight excluding hydrogens is 444 g/mol. The minimum Gasteiger partial charge on any atom is -0.341 e. The zero-order valence-corrected chi connectivity index (χ0v) is 19.8. The number of rotatable bonds is 5. The molecule has 0 spiro atoms. The number of pyridine rings is 1. The number of hydrogen-bond donors (Lipinski definition) is 1. The van der Waals surface area contributed by atoms with Gasteiger partial charge in [-0.1, -0.05) is 72.9 Å². The standard InChI is InChI=1S/C27H26N4O2S/c1-19(32)27(21-10-6-3-7-11-21)13-16-30(17-14-27)25(33)24(20-8-4-2-5-9-20)31-15-12-23-22(26(31)34)18-28-29-23/h2-12,15,18,24H,13-14,16-17H2,1H3,(H,28,29). The third-order valence-electron chi connectivity index (χ3n) is 7.09. The number of amides is 1. The summed E-state index contributed by atoms with van der Waals surface area (Å²) < 4.78 is 2.42. The number of fused-ring (bicyclic) bond motifs is 1. The summed E-state index contributed by atoms with van der Waals surface area (Å²) in [4.78, 5) is 28.7. The molecule has 3 heterocycles. The van der Waals surface area contributed by atoms with Crippen molar-refractivity contribution in [1.29, 1.82) is 0 Å². The monoisotopic (exact) mass is 470 g/mol. The number of Topliss-reactive ketones (excluding diaryl/α,β-unsaturated/α-hetero) is 1. The van der Waals surface area contributed by atoms with Crippen LogP contribution in [0.3, 0.4) is 0 Å². The van der Waals surface area contributed by atoms with Gasteiger partial charge in [0.25, 0.3) is 0 Å². The Kier molecular flexibility index (Phi) is 5.87. The summed E-state index contributed by atoms with van der Waals surface area (Å²) in [5, 5.41) is 7.85. The van der Waals surface area contributed by atoms with Crippen LogP contribution in [-0.2, 0) is 15.0 Å². The average molecular weight is 471 g/mol. The normalized spacial score (nSPS) is 16.3. The lowest BCUT2D eigenvalue weighted by Crippen LogP contribution is -2.50. The van der Waals surface area contributed by atoms with Gasteiger partial charge in [-0.15, -0.1) is 0 Å². The molecule has 0 bridgehead atoms. The number of H-pyrrole nitrogens is 1. The summed E-state index contributed by atoms with van der Waals surface area (Å²) in [5.41, 5.74) is 2.19. The van der Waals surface area contributed by atoms with Crippen molar-refractivity contribution >= 4 is 34.8 Å². The van der Waals surface area contributed by atoms with E-state index in [1.807, 2.05) is 82.4 Å². The molecule has 1 atom stereocenters. The maximum Gasteiger partial charge on any atom is 0.250 e. The summed E-state index contributed by atoms with van der Waals surface area (Å²) in [6.45, 7) is 2.69. The fraction of sp³-hybridized carbons (Fsp3) is 0.259. The van der Waals surface area contributed by atoms with Gasteiger partial charge in [-0.05, 0) is 37.0 Å². The largest absolute Gasteiger partial charge is 0.341 e. The Morgan fingerprint density at radius 1 is 1.00 bits per heavy atom. The number of nitrogens with zero attached hydrogens (tertiary/aromatic N) is 3. The summed E-state index contributed by atoms with van der Waals surface area (Å²) in [5.74, 6) is 0.133. The Labute approximate surface area is 203 Å². The van der Waals surface area contributed by atoms with Crippen LogP contribution >= 0.6 is 12.2 Å². The Balaban J connectivity index is 1.49. The van der Waals surface area contributed by atoms with E-state index in [4.69, 9.17) is 12.2 Å². The number of carbonyl (C=O) groups is 2. The molecule has 1 fully saturated rings. The summed E-state index contributed by atoms with van der Waals surface area (Å²) >= 11 is 5.77. The van der Waals surface area contributed by atoms with E-state index >= 15 is 0 Å². The van der Waals surface area contributed by atoms with Gasteiger partial charge < -0.3 is 9.47 Å². The lowest BCUT2D eigenvalue weighted by Gasteiger charge is -2.41. The smallest absolute Gasteiger partial charge is 0.250 e. The predicted octanol–water partition coefficient (Wildman–Crippen LogP) is 4.83. The van der Waals surface area contributed by atoms with Crippen molar-refractivity contribution in [2.45, 2.75) is 31.2 Å². The molecule has 34 heavy (non-hydrogen) atoms. The van der Waals surface area contributed by atoms with Gasteiger partial charge in [0.2, 0.25) is 5.91 Å². The van der Waals surface area contributed by atoms with Crippen molar-refractivity contribution in [2.24, 2.45) is 0 Å². The SMILES string of the molecule is CC(=O)C1(c2ccccc2)CCN(C(=O)C(c2ccccc2)n2ccc3[nH]ncc3c2=S)CC1. The van der Waals surface area contributed by atoms with Crippen LogP contribution in [-0.4, -0.2) is 44.4 Å². The first-order valence-corrected chi connectivity index (χ1v) is 11.9. The van der Waals surface area contributed by atoms with E-state index in [2.05, 4.69) is 10.2 Å². The first-order valence-electron chi connectivity index (χ1n) is 11.5. The number of ketones is 1. The molecule has 0 radical (unpaired) electrons. The van der Waals surface area contributed by atoms with E-state index in [0.717, 1.165) is 22.0 Å². The predicted molar refractivity (Wildman–Crippen MR) is 134 cm³/mol. The highest BCUT2D eigenvalue weighted by atomic mass is 32.1. The van der Waals surface area contributed by atoms with Gasteiger partial charge in [0, 0.05) is 19.3 Å². The molecule has 1 amide bonds. The average Bonchev–Trinajstić information content (AvgIpc) is 3.36. The van der Waals surface area contributed by atoms with Crippen molar-refractivity contribution in [1.82, 2.24) is 19.7 Å². The quantitative estimate of drug-likeness (QED) is 0.424. The minimum atomic E-state index is -0.588. The molecule has 2 aromatic heterocycles. The number of hydrogen-bond acceptors (Lipinski definition) is 4. The van der Waals surface area contributed by atoms with E-state index < -0.39 is 11.5 Å². The first kappa shape index (κ1) is 22.2. The van der Waals surface area contributed by atoms with Crippen LogP contribution in [0.2, 0.25) is 0 Å². The summed E-state index contributed by atoms with van der Waals surface area (Å²) in [7, 11) is 0.